The fraction of sp³-hybridized carbons (Fsp3) is 0.208. The van der Waals surface area contributed by atoms with Crippen LogP contribution in [0.3, 0.4) is 0 Å². The number of halogens is 1. The number of anilines is 2. The monoisotopic (exact) mass is 522 g/mol. The van der Waals surface area contributed by atoms with Crippen molar-refractivity contribution in [2.75, 3.05) is 16.0 Å². The number of rotatable bonds is 6. The van der Waals surface area contributed by atoms with Crippen molar-refractivity contribution in [2.45, 2.75) is 29.5 Å². The maximum Gasteiger partial charge on any atom is 0.234 e. The van der Waals surface area contributed by atoms with Gasteiger partial charge in [0.2, 0.25) is 11.0 Å². The average Bonchev–Trinajstić information content (AvgIpc) is 3.56. The Morgan fingerprint density at radius 1 is 1.31 bits per heavy atom. The summed E-state index contributed by atoms with van der Waals surface area (Å²) in [5.74, 6) is -1.02. The van der Waals surface area contributed by atoms with Crippen molar-refractivity contribution in [1.82, 2.24) is 10.2 Å². The Hall–Kier alpha value is -3.95. The number of nitrogens with zero attached hydrogens (tertiary/aromatic N) is 4. The van der Waals surface area contributed by atoms with Crippen molar-refractivity contribution in [3.8, 4) is 6.07 Å². The number of aromatic nitrogens is 2. The number of ketones is 1. The molecule has 3 heterocycles. The number of furan rings is 1. The molecule has 5 rings (SSSR count). The van der Waals surface area contributed by atoms with E-state index in [1.54, 1.807) is 29.2 Å². The van der Waals surface area contributed by atoms with Gasteiger partial charge in [0, 0.05) is 17.7 Å². The second kappa shape index (κ2) is 9.96. The third-order valence-corrected chi connectivity index (χ3v) is 7.84. The second-order valence-electron chi connectivity index (χ2n) is 8.00. The number of carbonyl (C=O) groups is 2. The normalized spacial score (nSPS) is 17.7. The molecular weight excluding hydrogens is 503 g/mol. The summed E-state index contributed by atoms with van der Waals surface area (Å²) < 4.78 is 19.8. The summed E-state index contributed by atoms with van der Waals surface area (Å²) in [5, 5.41) is 21.3. The molecule has 0 saturated heterocycles. The Labute approximate surface area is 213 Å². The molecule has 0 bridgehead atoms. The van der Waals surface area contributed by atoms with Gasteiger partial charge in [-0.2, -0.15) is 5.26 Å². The highest BCUT2D eigenvalue weighted by Crippen LogP contribution is 2.47. The fourth-order valence-corrected chi connectivity index (χ4v) is 5.95. The summed E-state index contributed by atoms with van der Waals surface area (Å²) in [6, 6.07) is 11.5. The van der Waals surface area contributed by atoms with Gasteiger partial charge in [-0.15, -0.1) is 10.2 Å². The molecule has 0 radical (unpaired) electrons. The van der Waals surface area contributed by atoms with Gasteiger partial charge in [0.25, 0.3) is 0 Å². The fourth-order valence-electron chi connectivity index (χ4n) is 4.27. The van der Waals surface area contributed by atoms with Crippen LogP contribution in [0.1, 0.15) is 30.9 Å². The van der Waals surface area contributed by atoms with Crippen LogP contribution in [-0.2, 0) is 9.59 Å². The number of thioether (sulfide) groups is 1. The van der Waals surface area contributed by atoms with Crippen LogP contribution < -0.4 is 16.0 Å². The lowest BCUT2D eigenvalue weighted by molar-refractivity contribution is -0.116. The van der Waals surface area contributed by atoms with Crippen molar-refractivity contribution < 1.29 is 18.4 Å². The molecule has 1 atom stereocenters. The topological polar surface area (TPSA) is 138 Å². The Balaban J connectivity index is 1.40. The molecule has 9 nitrogen and oxygen atoms in total. The molecule has 3 N–H and O–H groups in total. The Bertz CT molecular complexity index is 1440. The lowest BCUT2D eigenvalue weighted by atomic mass is 9.78. The summed E-state index contributed by atoms with van der Waals surface area (Å²) in [6.07, 6.45) is 3.09. The maximum absolute atomic E-state index is 13.8. The van der Waals surface area contributed by atoms with E-state index in [0.29, 0.717) is 45.8 Å². The third-order valence-electron chi connectivity index (χ3n) is 5.80. The molecule has 1 aromatic carbocycles. The second-order valence-corrected chi connectivity index (χ2v) is 10.2. The zero-order chi connectivity index (χ0) is 25.2. The van der Waals surface area contributed by atoms with Crippen molar-refractivity contribution in [3.05, 3.63) is 76.9 Å². The molecule has 3 aromatic rings. The van der Waals surface area contributed by atoms with Crippen LogP contribution in [0.5, 0.6) is 0 Å². The van der Waals surface area contributed by atoms with E-state index < -0.39 is 17.6 Å². The molecule has 182 valence electrons. The van der Waals surface area contributed by atoms with Crippen LogP contribution >= 0.6 is 23.1 Å². The SMILES string of the molecule is N#CC1=C(N)N(c2nnc(SCC(=O)Nc3ccccc3F)s2)C2=C(C(=O)CCC2)C1c1ccco1. The van der Waals surface area contributed by atoms with Crippen LogP contribution in [0.25, 0.3) is 0 Å². The number of allylic oxidation sites excluding steroid dienone is 3. The number of para-hydroxylation sites is 1. The van der Waals surface area contributed by atoms with Crippen LogP contribution in [-0.4, -0.2) is 27.6 Å². The molecule has 1 aliphatic carbocycles. The minimum atomic E-state index is -0.673. The predicted octanol–water partition coefficient (Wildman–Crippen LogP) is 4.31. The number of hydrogen-bond acceptors (Lipinski definition) is 10. The van der Waals surface area contributed by atoms with E-state index in [0.717, 1.165) is 11.8 Å². The van der Waals surface area contributed by atoms with Gasteiger partial charge in [0.05, 0.1) is 35.3 Å². The van der Waals surface area contributed by atoms with Crippen molar-refractivity contribution >= 4 is 45.6 Å². The number of nitrogens with one attached hydrogen (secondary N) is 1. The number of benzene rings is 1. The quantitative estimate of drug-likeness (QED) is 0.454. The van der Waals surface area contributed by atoms with Gasteiger partial charge in [-0.3, -0.25) is 14.5 Å². The Morgan fingerprint density at radius 3 is 2.89 bits per heavy atom. The largest absolute Gasteiger partial charge is 0.468 e. The predicted molar refractivity (Wildman–Crippen MR) is 132 cm³/mol. The molecule has 1 amide bonds. The van der Waals surface area contributed by atoms with E-state index in [1.807, 2.05) is 0 Å². The van der Waals surface area contributed by atoms with E-state index in [-0.39, 0.29) is 28.6 Å². The molecule has 1 unspecified atom stereocenters. The van der Waals surface area contributed by atoms with Crippen molar-refractivity contribution in [2.24, 2.45) is 5.73 Å². The molecule has 0 fully saturated rings. The summed E-state index contributed by atoms with van der Waals surface area (Å²) in [7, 11) is 0. The Kier molecular flexibility index (Phi) is 6.58. The van der Waals surface area contributed by atoms with Gasteiger partial charge in [0.1, 0.15) is 17.4 Å². The van der Waals surface area contributed by atoms with E-state index in [4.69, 9.17) is 10.2 Å². The van der Waals surface area contributed by atoms with Crippen molar-refractivity contribution in [3.63, 3.8) is 0 Å². The van der Waals surface area contributed by atoms with Crippen LogP contribution in [0, 0.1) is 17.1 Å². The molecule has 12 heteroatoms. The molecule has 1 aliphatic heterocycles. The lowest BCUT2D eigenvalue weighted by Gasteiger charge is -2.37. The number of hydrogen-bond donors (Lipinski definition) is 2. The molecule has 36 heavy (non-hydrogen) atoms. The summed E-state index contributed by atoms with van der Waals surface area (Å²) in [4.78, 5) is 26.9. The van der Waals surface area contributed by atoms with E-state index >= 15 is 0 Å². The van der Waals surface area contributed by atoms with E-state index in [2.05, 4.69) is 21.6 Å². The number of Topliss-reactive ketones (excluding diaryl/α,β-unsaturated/α-hetero) is 1. The minimum absolute atomic E-state index is 0.00919. The molecule has 2 aliphatic rings. The van der Waals surface area contributed by atoms with Gasteiger partial charge in [-0.05, 0) is 37.1 Å². The van der Waals surface area contributed by atoms with E-state index in [1.165, 1.54) is 29.7 Å². The van der Waals surface area contributed by atoms with Crippen molar-refractivity contribution in [1.29, 1.82) is 5.26 Å². The number of carbonyl (C=O) groups excluding carboxylic acids is 2. The standard InChI is InChI=1S/C24H19FN6O3S2/c25-14-5-1-2-6-15(14)28-19(33)12-35-24-30-29-23(36-24)31-16-7-3-8-17(32)21(16)20(13(11-26)22(31)27)18-9-4-10-34-18/h1-2,4-6,9-10,20H,3,7-8,12,27H2,(H,28,33). The summed E-state index contributed by atoms with van der Waals surface area (Å²) >= 11 is 2.32. The maximum atomic E-state index is 13.8. The van der Waals surface area contributed by atoms with Crippen LogP contribution in [0.2, 0.25) is 0 Å². The molecule has 0 spiro atoms. The van der Waals surface area contributed by atoms with Gasteiger partial charge < -0.3 is 15.5 Å². The summed E-state index contributed by atoms with van der Waals surface area (Å²) in [6.45, 7) is 0. The summed E-state index contributed by atoms with van der Waals surface area (Å²) in [5.41, 5.74) is 7.93. The van der Waals surface area contributed by atoms with Gasteiger partial charge in [-0.25, -0.2) is 4.39 Å². The number of amides is 1. The first kappa shape index (κ1) is 23.8. The average molecular weight is 523 g/mol. The zero-order valence-corrected chi connectivity index (χ0v) is 20.4. The first-order valence-electron chi connectivity index (χ1n) is 11.0. The molecule has 0 saturated carbocycles. The highest BCUT2D eigenvalue weighted by molar-refractivity contribution is 8.01. The number of nitriles is 1. The van der Waals surface area contributed by atoms with E-state index in [9.17, 15) is 19.2 Å². The van der Waals surface area contributed by atoms with Gasteiger partial charge in [0.15, 0.2) is 10.1 Å². The third kappa shape index (κ3) is 4.38. The molecule has 2 aromatic heterocycles. The van der Waals surface area contributed by atoms with Crippen LogP contribution in [0.4, 0.5) is 15.2 Å². The minimum Gasteiger partial charge on any atom is -0.468 e. The number of nitrogens with two attached hydrogens (primary N) is 1. The van der Waals surface area contributed by atoms with Gasteiger partial charge in [-0.1, -0.05) is 35.2 Å². The first-order chi connectivity index (χ1) is 17.5. The highest BCUT2D eigenvalue weighted by Gasteiger charge is 2.42. The zero-order valence-electron chi connectivity index (χ0n) is 18.7. The smallest absolute Gasteiger partial charge is 0.234 e. The van der Waals surface area contributed by atoms with Crippen LogP contribution in [0.15, 0.2) is 74.1 Å². The highest BCUT2D eigenvalue weighted by atomic mass is 32.2. The Morgan fingerprint density at radius 2 is 2.14 bits per heavy atom. The lowest BCUT2D eigenvalue weighted by Crippen LogP contribution is -2.38. The van der Waals surface area contributed by atoms with Gasteiger partial charge >= 0.3 is 0 Å². The molecular formula is C24H19FN6O3S2. The first-order valence-corrected chi connectivity index (χ1v) is 12.8.